The van der Waals surface area contributed by atoms with Gasteiger partial charge in [-0.05, 0) is 31.5 Å². The van der Waals surface area contributed by atoms with Gasteiger partial charge in [-0.25, -0.2) is 0 Å². The summed E-state index contributed by atoms with van der Waals surface area (Å²) in [6.45, 7) is 5.00. The summed E-state index contributed by atoms with van der Waals surface area (Å²) in [5, 5.41) is 16.3. The number of hydrogen-bond donors (Lipinski definition) is 1. The molecule has 0 radical (unpaired) electrons. The van der Waals surface area contributed by atoms with Crippen LogP contribution in [0.5, 0.6) is 5.75 Å². The Bertz CT molecular complexity index is 642. The van der Waals surface area contributed by atoms with E-state index in [2.05, 4.69) is 24.3 Å². The van der Waals surface area contributed by atoms with Crippen molar-refractivity contribution in [3.05, 3.63) is 47.3 Å². The van der Waals surface area contributed by atoms with Gasteiger partial charge in [-0.15, -0.1) is 0 Å². The number of aromatic nitrogens is 2. The van der Waals surface area contributed by atoms with Gasteiger partial charge in [-0.1, -0.05) is 12.1 Å². The minimum Gasteiger partial charge on any atom is -0.479 e. The number of nitrogens with zero attached hydrogens (tertiary/aromatic N) is 3. The van der Waals surface area contributed by atoms with Crippen LogP contribution in [0.25, 0.3) is 0 Å². The van der Waals surface area contributed by atoms with Crippen LogP contribution in [0.4, 0.5) is 0 Å². The second-order valence-corrected chi connectivity index (χ2v) is 5.01. The van der Waals surface area contributed by atoms with E-state index in [1.807, 2.05) is 48.3 Å². The molecule has 2 rings (SSSR count). The maximum absolute atomic E-state index is 8.53. The van der Waals surface area contributed by atoms with E-state index in [-0.39, 0.29) is 12.6 Å². The van der Waals surface area contributed by atoms with Crippen LogP contribution in [0, 0.1) is 18.3 Å². The van der Waals surface area contributed by atoms with Gasteiger partial charge in [0.25, 0.3) is 0 Å². The first-order chi connectivity index (χ1) is 10.1. The summed E-state index contributed by atoms with van der Waals surface area (Å²) >= 11 is 0. The van der Waals surface area contributed by atoms with E-state index in [1.54, 1.807) is 0 Å². The summed E-state index contributed by atoms with van der Waals surface area (Å²) in [5.41, 5.74) is 3.49. The van der Waals surface area contributed by atoms with Gasteiger partial charge in [0.15, 0.2) is 6.61 Å². The van der Waals surface area contributed by atoms with Gasteiger partial charge in [0, 0.05) is 30.9 Å². The Morgan fingerprint density at radius 1 is 1.48 bits per heavy atom. The summed E-state index contributed by atoms with van der Waals surface area (Å²) in [4.78, 5) is 0. The Labute approximate surface area is 125 Å². The molecule has 1 N–H and O–H groups in total. The first-order valence-electron chi connectivity index (χ1n) is 6.92. The van der Waals surface area contributed by atoms with Crippen LogP contribution in [0.2, 0.25) is 0 Å². The molecular weight excluding hydrogens is 264 g/mol. The molecule has 1 aromatic carbocycles. The lowest BCUT2D eigenvalue weighted by molar-refractivity contribution is 0.367. The highest BCUT2D eigenvalue weighted by Crippen LogP contribution is 2.18. The number of benzene rings is 1. The zero-order valence-electron chi connectivity index (χ0n) is 12.6. The van der Waals surface area contributed by atoms with E-state index in [1.165, 1.54) is 11.3 Å². The maximum atomic E-state index is 8.53. The Balaban J connectivity index is 1.96. The molecule has 5 heteroatoms. The first-order valence-corrected chi connectivity index (χ1v) is 6.92. The molecule has 110 valence electrons. The average Bonchev–Trinajstić information content (AvgIpc) is 2.83. The molecule has 1 unspecified atom stereocenters. The molecule has 0 saturated heterocycles. The van der Waals surface area contributed by atoms with Gasteiger partial charge in [-0.2, -0.15) is 10.4 Å². The van der Waals surface area contributed by atoms with E-state index in [9.17, 15) is 0 Å². The molecule has 0 amide bonds. The number of rotatable bonds is 6. The molecule has 0 saturated carbocycles. The van der Waals surface area contributed by atoms with Gasteiger partial charge in [0.1, 0.15) is 11.8 Å². The van der Waals surface area contributed by atoms with Crippen LogP contribution in [0.3, 0.4) is 0 Å². The van der Waals surface area contributed by atoms with Crippen LogP contribution < -0.4 is 10.1 Å². The second kappa shape index (κ2) is 6.91. The first kappa shape index (κ1) is 15.1. The molecule has 2 aromatic rings. The predicted octanol–water partition coefficient (Wildman–Crippen LogP) is 2.48. The lowest BCUT2D eigenvalue weighted by atomic mass is 10.1. The molecule has 0 bridgehead atoms. The molecular formula is C16H20N4O. The highest BCUT2D eigenvalue weighted by Gasteiger charge is 2.11. The Morgan fingerprint density at radius 2 is 2.29 bits per heavy atom. The van der Waals surface area contributed by atoms with Crippen LogP contribution in [0.1, 0.15) is 29.8 Å². The monoisotopic (exact) mass is 284 g/mol. The van der Waals surface area contributed by atoms with Crippen molar-refractivity contribution in [1.29, 1.82) is 5.26 Å². The van der Waals surface area contributed by atoms with Crippen LogP contribution in [0.15, 0.2) is 30.5 Å². The van der Waals surface area contributed by atoms with E-state index in [0.29, 0.717) is 0 Å². The quantitative estimate of drug-likeness (QED) is 0.885. The number of ether oxygens (including phenoxy) is 1. The third-order valence-corrected chi connectivity index (χ3v) is 3.55. The lowest BCUT2D eigenvalue weighted by Crippen LogP contribution is -2.18. The van der Waals surface area contributed by atoms with Crippen LogP contribution >= 0.6 is 0 Å². The van der Waals surface area contributed by atoms with E-state index < -0.39 is 0 Å². The zero-order chi connectivity index (χ0) is 15.2. The molecule has 5 nitrogen and oxygen atoms in total. The van der Waals surface area contributed by atoms with Gasteiger partial charge in [0.05, 0.1) is 6.20 Å². The minimum atomic E-state index is 0.0716. The third-order valence-electron chi connectivity index (χ3n) is 3.55. The topological polar surface area (TPSA) is 62.9 Å². The van der Waals surface area contributed by atoms with Crippen LogP contribution in [-0.2, 0) is 13.6 Å². The lowest BCUT2D eigenvalue weighted by Gasteiger charge is -2.14. The number of nitriles is 1. The predicted molar refractivity (Wildman–Crippen MR) is 80.7 cm³/mol. The molecule has 1 aromatic heterocycles. The van der Waals surface area contributed by atoms with Gasteiger partial charge in [0.2, 0.25) is 0 Å². The molecule has 0 aliphatic rings. The van der Waals surface area contributed by atoms with Gasteiger partial charge >= 0.3 is 0 Å². The van der Waals surface area contributed by atoms with E-state index in [4.69, 9.17) is 10.00 Å². The highest BCUT2D eigenvalue weighted by atomic mass is 16.5. The Kier molecular flexibility index (Phi) is 4.96. The second-order valence-electron chi connectivity index (χ2n) is 5.01. The molecule has 0 spiro atoms. The summed E-state index contributed by atoms with van der Waals surface area (Å²) in [6, 6.07) is 9.97. The molecule has 1 atom stereocenters. The van der Waals surface area contributed by atoms with Crippen molar-refractivity contribution in [2.75, 3.05) is 6.61 Å². The summed E-state index contributed by atoms with van der Waals surface area (Å²) < 4.78 is 7.19. The van der Waals surface area contributed by atoms with Crippen molar-refractivity contribution in [3.8, 4) is 11.8 Å². The Morgan fingerprint density at radius 3 is 2.95 bits per heavy atom. The van der Waals surface area contributed by atoms with Crippen molar-refractivity contribution >= 4 is 0 Å². The number of aryl methyl sites for hydroxylation is 1. The van der Waals surface area contributed by atoms with Crippen molar-refractivity contribution in [3.63, 3.8) is 0 Å². The zero-order valence-corrected chi connectivity index (χ0v) is 12.6. The summed E-state index contributed by atoms with van der Waals surface area (Å²) in [6.07, 6.45) is 1.90. The van der Waals surface area contributed by atoms with Crippen LogP contribution in [-0.4, -0.2) is 16.4 Å². The summed E-state index contributed by atoms with van der Waals surface area (Å²) in [7, 11) is 1.95. The largest absolute Gasteiger partial charge is 0.479 e. The fourth-order valence-corrected chi connectivity index (χ4v) is 2.18. The maximum Gasteiger partial charge on any atom is 0.174 e. The van der Waals surface area contributed by atoms with Crippen molar-refractivity contribution < 1.29 is 4.74 Å². The van der Waals surface area contributed by atoms with Crippen molar-refractivity contribution in [2.45, 2.75) is 26.4 Å². The third kappa shape index (κ3) is 3.83. The average molecular weight is 284 g/mol. The van der Waals surface area contributed by atoms with E-state index in [0.717, 1.165) is 17.9 Å². The molecule has 0 aliphatic carbocycles. The highest BCUT2D eigenvalue weighted by molar-refractivity contribution is 5.29. The molecule has 0 aliphatic heterocycles. The molecule has 0 fully saturated rings. The minimum absolute atomic E-state index is 0.0716. The number of nitrogens with one attached hydrogen (secondary N) is 1. The van der Waals surface area contributed by atoms with E-state index >= 15 is 0 Å². The standard InChI is InChI=1S/C16H20N4O/c1-12(16-11-19-20(3)13(16)2)18-10-14-5-4-6-15(9-14)21-8-7-17/h4-6,9,11-12,18H,8,10H2,1-3H3. The number of hydrogen-bond acceptors (Lipinski definition) is 4. The SMILES string of the molecule is Cc1c(C(C)NCc2cccc(OCC#N)c2)cnn1C. The fraction of sp³-hybridized carbons (Fsp3) is 0.375. The molecule has 21 heavy (non-hydrogen) atoms. The smallest absolute Gasteiger partial charge is 0.174 e. The van der Waals surface area contributed by atoms with Gasteiger partial charge < -0.3 is 10.1 Å². The van der Waals surface area contributed by atoms with Gasteiger partial charge in [-0.3, -0.25) is 4.68 Å². The van der Waals surface area contributed by atoms with Crippen molar-refractivity contribution in [2.24, 2.45) is 7.05 Å². The van der Waals surface area contributed by atoms with Crippen molar-refractivity contribution in [1.82, 2.24) is 15.1 Å². The summed E-state index contributed by atoms with van der Waals surface area (Å²) in [5.74, 6) is 0.723. The fourth-order valence-electron chi connectivity index (χ4n) is 2.18. The molecule has 1 heterocycles. The normalized spacial score (nSPS) is 11.9. The Hall–Kier alpha value is -2.32.